The Kier molecular flexibility index (Phi) is 9.03. The van der Waals surface area contributed by atoms with E-state index in [2.05, 4.69) is 5.32 Å². The quantitative estimate of drug-likeness (QED) is 0.604. The summed E-state index contributed by atoms with van der Waals surface area (Å²) in [6.07, 6.45) is 1.25. The lowest BCUT2D eigenvalue weighted by molar-refractivity contribution is -0.143. The van der Waals surface area contributed by atoms with E-state index in [1.54, 1.807) is 12.1 Å². The summed E-state index contributed by atoms with van der Waals surface area (Å²) in [6.45, 7) is 9.74. The Bertz CT molecular complexity index is 883. The second-order valence-electron chi connectivity index (χ2n) is 7.88. The van der Waals surface area contributed by atoms with E-state index in [-0.39, 0.29) is 36.8 Å². The lowest BCUT2D eigenvalue weighted by atomic mass is 10.1. The van der Waals surface area contributed by atoms with Crippen molar-refractivity contribution in [2.75, 3.05) is 6.61 Å². The summed E-state index contributed by atoms with van der Waals surface area (Å²) in [5.41, 5.74) is 2.80. The van der Waals surface area contributed by atoms with E-state index < -0.39 is 6.04 Å². The fraction of sp³-hybridized carbons (Fsp3) is 0.440. The Morgan fingerprint density at radius 2 is 1.74 bits per heavy atom. The van der Waals surface area contributed by atoms with Gasteiger partial charge in [-0.15, -0.1) is 0 Å². The number of rotatable bonds is 10. The topological polar surface area (TPSA) is 58.6 Å². The molecule has 0 radical (unpaired) electrons. The molecule has 0 spiro atoms. The zero-order valence-electron chi connectivity index (χ0n) is 19.1. The summed E-state index contributed by atoms with van der Waals surface area (Å²) >= 11 is 0. The highest BCUT2D eigenvalue weighted by Gasteiger charge is 2.29. The van der Waals surface area contributed by atoms with Crippen LogP contribution in [-0.2, 0) is 16.1 Å². The summed E-state index contributed by atoms with van der Waals surface area (Å²) in [6, 6.07) is 11.0. The molecular formula is C25H33FN2O3. The van der Waals surface area contributed by atoms with Crippen LogP contribution in [0, 0.1) is 19.7 Å². The van der Waals surface area contributed by atoms with Crippen LogP contribution < -0.4 is 10.1 Å². The third-order valence-corrected chi connectivity index (χ3v) is 5.56. The highest BCUT2D eigenvalue weighted by molar-refractivity contribution is 5.88. The average molecular weight is 429 g/mol. The molecule has 0 unspecified atom stereocenters. The predicted molar refractivity (Wildman–Crippen MR) is 120 cm³/mol. The minimum absolute atomic E-state index is 0.00974. The molecule has 0 heterocycles. The van der Waals surface area contributed by atoms with Crippen LogP contribution >= 0.6 is 0 Å². The minimum atomic E-state index is -0.645. The van der Waals surface area contributed by atoms with Crippen LogP contribution in [0.1, 0.15) is 50.3 Å². The number of halogens is 1. The number of amides is 2. The number of nitrogens with one attached hydrogen (secondary N) is 1. The molecular weight excluding hydrogens is 395 g/mol. The first kappa shape index (κ1) is 24.4. The fourth-order valence-corrected chi connectivity index (χ4v) is 3.25. The molecule has 0 aliphatic heterocycles. The number of hydrogen-bond acceptors (Lipinski definition) is 3. The largest absolute Gasteiger partial charge is 0.483 e. The number of nitrogens with zero attached hydrogens (tertiary/aromatic N) is 1. The van der Waals surface area contributed by atoms with Crippen molar-refractivity contribution in [2.45, 2.75) is 66.1 Å². The van der Waals surface area contributed by atoms with Gasteiger partial charge in [-0.2, -0.15) is 0 Å². The van der Waals surface area contributed by atoms with Crippen molar-refractivity contribution in [1.82, 2.24) is 10.2 Å². The third-order valence-electron chi connectivity index (χ3n) is 5.56. The van der Waals surface area contributed by atoms with Gasteiger partial charge in [-0.1, -0.05) is 38.1 Å². The third kappa shape index (κ3) is 6.81. The van der Waals surface area contributed by atoms with Gasteiger partial charge in [0.05, 0.1) is 0 Å². The molecule has 1 N–H and O–H groups in total. The molecule has 2 aromatic carbocycles. The SMILES string of the molecule is CC[C@@H](C)NC(=O)[C@H](CC)N(Cc1ccc(F)cc1)C(=O)COc1cccc(C)c1C. The Morgan fingerprint density at radius 3 is 2.35 bits per heavy atom. The van der Waals surface area contributed by atoms with Gasteiger partial charge in [0.15, 0.2) is 6.61 Å². The van der Waals surface area contributed by atoms with Crippen molar-refractivity contribution in [3.8, 4) is 5.75 Å². The molecule has 168 valence electrons. The van der Waals surface area contributed by atoms with E-state index in [1.807, 2.05) is 52.8 Å². The van der Waals surface area contributed by atoms with Crippen molar-refractivity contribution < 1.29 is 18.7 Å². The molecule has 0 aromatic heterocycles. The Hall–Kier alpha value is -2.89. The predicted octanol–water partition coefficient (Wildman–Crippen LogP) is 4.54. The number of benzene rings is 2. The molecule has 0 fully saturated rings. The monoisotopic (exact) mass is 428 g/mol. The van der Waals surface area contributed by atoms with Crippen LogP contribution in [0.4, 0.5) is 4.39 Å². The van der Waals surface area contributed by atoms with Gasteiger partial charge in [0.2, 0.25) is 5.91 Å². The molecule has 2 amide bonds. The number of hydrogen-bond donors (Lipinski definition) is 1. The maximum atomic E-state index is 13.3. The lowest BCUT2D eigenvalue weighted by Crippen LogP contribution is -2.51. The van der Waals surface area contributed by atoms with E-state index in [9.17, 15) is 14.0 Å². The van der Waals surface area contributed by atoms with Crippen LogP contribution in [0.3, 0.4) is 0 Å². The average Bonchev–Trinajstić information content (AvgIpc) is 2.75. The maximum absolute atomic E-state index is 13.3. The van der Waals surface area contributed by atoms with Gasteiger partial charge >= 0.3 is 0 Å². The van der Waals surface area contributed by atoms with E-state index >= 15 is 0 Å². The molecule has 2 aromatic rings. The molecule has 0 bridgehead atoms. The smallest absolute Gasteiger partial charge is 0.261 e. The Labute approximate surface area is 184 Å². The van der Waals surface area contributed by atoms with E-state index in [1.165, 1.54) is 17.0 Å². The molecule has 6 heteroatoms. The highest BCUT2D eigenvalue weighted by Crippen LogP contribution is 2.21. The van der Waals surface area contributed by atoms with Gasteiger partial charge in [0.25, 0.3) is 5.91 Å². The summed E-state index contributed by atoms with van der Waals surface area (Å²) in [4.78, 5) is 27.6. The molecule has 2 atom stereocenters. The lowest BCUT2D eigenvalue weighted by Gasteiger charge is -2.31. The Balaban J connectivity index is 2.23. The van der Waals surface area contributed by atoms with Crippen molar-refractivity contribution in [3.63, 3.8) is 0 Å². The first-order valence-electron chi connectivity index (χ1n) is 10.8. The normalized spacial score (nSPS) is 12.7. The van der Waals surface area contributed by atoms with Gasteiger partial charge < -0.3 is 15.0 Å². The van der Waals surface area contributed by atoms with Gasteiger partial charge in [-0.05, 0) is 68.5 Å². The van der Waals surface area contributed by atoms with E-state index in [0.717, 1.165) is 23.1 Å². The fourth-order valence-electron chi connectivity index (χ4n) is 3.25. The molecule has 31 heavy (non-hydrogen) atoms. The van der Waals surface area contributed by atoms with E-state index in [4.69, 9.17) is 4.74 Å². The molecule has 5 nitrogen and oxygen atoms in total. The number of carbonyl (C=O) groups is 2. The minimum Gasteiger partial charge on any atom is -0.483 e. The molecule has 0 saturated carbocycles. The summed E-state index contributed by atoms with van der Waals surface area (Å²) < 4.78 is 19.1. The van der Waals surface area contributed by atoms with Crippen LogP contribution in [0.15, 0.2) is 42.5 Å². The van der Waals surface area contributed by atoms with Crippen LogP contribution in [0.2, 0.25) is 0 Å². The first-order valence-corrected chi connectivity index (χ1v) is 10.8. The van der Waals surface area contributed by atoms with Crippen LogP contribution in [-0.4, -0.2) is 35.4 Å². The van der Waals surface area contributed by atoms with Crippen molar-refractivity contribution in [2.24, 2.45) is 0 Å². The second kappa shape index (κ2) is 11.5. The molecule has 0 aliphatic rings. The zero-order chi connectivity index (χ0) is 23.0. The molecule has 0 aliphatic carbocycles. The standard InChI is InChI=1S/C25H33FN2O3/c1-6-18(4)27-25(30)22(7-2)28(15-20-11-13-21(26)14-12-20)24(29)16-31-23-10-8-9-17(3)19(23)5/h8-14,18,22H,6-7,15-16H2,1-5H3,(H,27,30)/t18-,22+/m1/s1. The van der Waals surface area contributed by atoms with Gasteiger partial charge in [-0.3, -0.25) is 9.59 Å². The number of carbonyl (C=O) groups excluding carboxylic acids is 2. The van der Waals surface area contributed by atoms with Crippen molar-refractivity contribution in [1.29, 1.82) is 0 Å². The summed E-state index contributed by atoms with van der Waals surface area (Å²) in [5.74, 6) is -0.191. The van der Waals surface area contributed by atoms with Crippen molar-refractivity contribution in [3.05, 3.63) is 65.0 Å². The second-order valence-corrected chi connectivity index (χ2v) is 7.88. The van der Waals surface area contributed by atoms with Gasteiger partial charge in [0, 0.05) is 12.6 Å². The van der Waals surface area contributed by atoms with Gasteiger partial charge in [-0.25, -0.2) is 4.39 Å². The zero-order valence-corrected chi connectivity index (χ0v) is 19.1. The van der Waals surface area contributed by atoms with E-state index in [0.29, 0.717) is 12.2 Å². The van der Waals surface area contributed by atoms with Gasteiger partial charge in [0.1, 0.15) is 17.6 Å². The van der Waals surface area contributed by atoms with Crippen molar-refractivity contribution >= 4 is 11.8 Å². The van der Waals surface area contributed by atoms with Crippen LogP contribution in [0.5, 0.6) is 5.75 Å². The molecule has 2 rings (SSSR count). The maximum Gasteiger partial charge on any atom is 0.261 e. The molecule has 0 saturated heterocycles. The number of ether oxygens (including phenoxy) is 1. The summed E-state index contributed by atoms with van der Waals surface area (Å²) in [7, 11) is 0. The summed E-state index contributed by atoms with van der Waals surface area (Å²) in [5, 5.41) is 2.97. The first-order chi connectivity index (χ1) is 14.8. The highest BCUT2D eigenvalue weighted by atomic mass is 19.1. The number of aryl methyl sites for hydroxylation is 1. The van der Waals surface area contributed by atoms with Crippen LogP contribution in [0.25, 0.3) is 0 Å². The Morgan fingerprint density at radius 1 is 1.06 bits per heavy atom.